The summed E-state index contributed by atoms with van der Waals surface area (Å²) in [5, 5.41) is 5.65. The molecule has 19 heavy (non-hydrogen) atoms. The van der Waals surface area contributed by atoms with Crippen LogP contribution in [0.5, 0.6) is 0 Å². The number of Topliss-reactive ketones (excluding diaryl/α,β-unsaturated/α-hetero) is 1. The van der Waals surface area contributed by atoms with Crippen LogP contribution >= 0.6 is 0 Å². The van der Waals surface area contributed by atoms with Crippen LogP contribution in [0.25, 0.3) is 0 Å². The lowest BCUT2D eigenvalue weighted by atomic mass is 9.84. The molecular weight excluding hydrogens is 240 g/mol. The number of carbonyl (C=O) groups excluding carboxylic acids is 2. The number of carbonyl (C=O) groups is 2. The van der Waals surface area contributed by atoms with Gasteiger partial charge in [-0.25, -0.2) is 4.79 Å². The molecule has 0 radical (unpaired) electrons. The Bertz CT molecular complexity index is 590. The Morgan fingerprint density at radius 2 is 1.95 bits per heavy atom. The van der Waals surface area contributed by atoms with Crippen LogP contribution in [-0.4, -0.2) is 11.8 Å². The molecule has 1 atom stereocenters. The number of amides is 2. The van der Waals surface area contributed by atoms with Crippen LogP contribution in [0.3, 0.4) is 0 Å². The number of urea groups is 1. The van der Waals surface area contributed by atoms with Crippen molar-refractivity contribution in [3.8, 4) is 0 Å². The maximum absolute atomic E-state index is 12.2. The van der Waals surface area contributed by atoms with Crippen LogP contribution in [0.2, 0.25) is 0 Å². The van der Waals surface area contributed by atoms with Crippen molar-refractivity contribution < 1.29 is 9.59 Å². The fraction of sp³-hybridized carbons (Fsp3) is 0.333. The van der Waals surface area contributed by atoms with Gasteiger partial charge in [0, 0.05) is 17.7 Å². The minimum Gasteiger partial charge on any atom is -0.327 e. The molecule has 0 fully saturated rings. The van der Waals surface area contributed by atoms with E-state index >= 15 is 0 Å². The van der Waals surface area contributed by atoms with Crippen molar-refractivity contribution in [3.63, 3.8) is 0 Å². The van der Waals surface area contributed by atoms with Crippen molar-refractivity contribution in [1.29, 1.82) is 0 Å². The first-order chi connectivity index (χ1) is 9.16. The van der Waals surface area contributed by atoms with Gasteiger partial charge in [0.05, 0.1) is 6.04 Å². The highest BCUT2D eigenvalue weighted by Gasteiger charge is 2.34. The summed E-state index contributed by atoms with van der Waals surface area (Å²) in [6.45, 7) is 2.00. The fourth-order valence-corrected chi connectivity index (χ4v) is 2.85. The second kappa shape index (κ2) is 4.53. The molecule has 3 rings (SSSR count). The van der Waals surface area contributed by atoms with E-state index in [1.807, 2.05) is 31.2 Å². The van der Waals surface area contributed by atoms with Gasteiger partial charge in [-0.15, -0.1) is 0 Å². The van der Waals surface area contributed by atoms with Crippen molar-refractivity contribution in [2.75, 3.05) is 0 Å². The smallest absolute Gasteiger partial charge is 0.319 e. The standard InChI is InChI=1S/C15H16N2O2/c1-9-5-2-3-6-10(9)14-13-11(16-15(19)17-14)7-4-8-12(13)18/h2-3,5-6,14H,4,7-8H2,1H3,(H2,16,17,19)/t14-/m1/s1. The summed E-state index contributed by atoms with van der Waals surface area (Å²) in [5.74, 6) is 0.141. The van der Waals surface area contributed by atoms with Gasteiger partial charge in [-0.05, 0) is 30.9 Å². The van der Waals surface area contributed by atoms with Crippen molar-refractivity contribution in [2.45, 2.75) is 32.2 Å². The van der Waals surface area contributed by atoms with Crippen molar-refractivity contribution >= 4 is 11.8 Å². The molecule has 4 heteroatoms. The van der Waals surface area contributed by atoms with Gasteiger partial charge in [-0.3, -0.25) is 4.79 Å². The molecule has 0 bridgehead atoms. The monoisotopic (exact) mass is 256 g/mol. The van der Waals surface area contributed by atoms with Gasteiger partial charge in [0.1, 0.15) is 0 Å². The van der Waals surface area contributed by atoms with E-state index in [9.17, 15) is 9.59 Å². The number of nitrogens with one attached hydrogen (secondary N) is 2. The zero-order valence-corrected chi connectivity index (χ0v) is 10.8. The number of ketones is 1. The molecular formula is C15H16N2O2. The van der Waals surface area contributed by atoms with E-state index in [1.54, 1.807) is 0 Å². The van der Waals surface area contributed by atoms with E-state index in [1.165, 1.54) is 0 Å². The van der Waals surface area contributed by atoms with E-state index in [4.69, 9.17) is 0 Å². The first-order valence-corrected chi connectivity index (χ1v) is 6.56. The molecule has 1 aliphatic heterocycles. The third-order valence-corrected chi connectivity index (χ3v) is 3.78. The van der Waals surface area contributed by atoms with E-state index < -0.39 is 0 Å². The fourth-order valence-electron chi connectivity index (χ4n) is 2.85. The van der Waals surface area contributed by atoms with E-state index in [0.717, 1.165) is 35.2 Å². The minimum absolute atomic E-state index is 0.141. The Kier molecular flexibility index (Phi) is 2.85. The van der Waals surface area contributed by atoms with Gasteiger partial charge < -0.3 is 10.6 Å². The zero-order chi connectivity index (χ0) is 13.4. The predicted octanol–water partition coefficient (Wildman–Crippen LogP) is 2.36. The summed E-state index contributed by atoms with van der Waals surface area (Å²) in [6, 6.07) is 7.33. The van der Waals surface area contributed by atoms with E-state index in [2.05, 4.69) is 10.6 Å². The lowest BCUT2D eigenvalue weighted by Gasteiger charge is -2.32. The highest BCUT2D eigenvalue weighted by molar-refractivity contribution is 6.01. The summed E-state index contributed by atoms with van der Waals surface area (Å²) < 4.78 is 0. The number of hydrogen-bond acceptors (Lipinski definition) is 2. The van der Waals surface area contributed by atoms with Gasteiger partial charge in [-0.1, -0.05) is 24.3 Å². The average Bonchev–Trinajstić information content (AvgIpc) is 2.38. The second-order valence-electron chi connectivity index (χ2n) is 5.06. The molecule has 0 spiro atoms. The molecule has 1 aromatic carbocycles. The Morgan fingerprint density at radius 3 is 2.74 bits per heavy atom. The molecule has 1 heterocycles. The SMILES string of the molecule is Cc1ccccc1[C@H]1NC(=O)NC2=C1C(=O)CCC2. The predicted molar refractivity (Wildman–Crippen MR) is 71.5 cm³/mol. The lowest BCUT2D eigenvalue weighted by molar-refractivity contribution is -0.116. The molecule has 1 aliphatic carbocycles. The van der Waals surface area contributed by atoms with Crippen LogP contribution in [0.1, 0.15) is 36.4 Å². The maximum Gasteiger partial charge on any atom is 0.319 e. The molecule has 4 nitrogen and oxygen atoms in total. The first-order valence-electron chi connectivity index (χ1n) is 6.56. The van der Waals surface area contributed by atoms with Crippen LogP contribution in [0.15, 0.2) is 35.5 Å². The van der Waals surface area contributed by atoms with Crippen molar-refractivity contribution in [2.24, 2.45) is 0 Å². The molecule has 0 aromatic heterocycles. The Labute approximate surface area is 111 Å². The van der Waals surface area contributed by atoms with Gasteiger partial charge in [0.15, 0.2) is 5.78 Å². The largest absolute Gasteiger partial charge is 0.327 e. The Balaban J connectivity index is 2.11. The molecule has 2 N–H and O–H groups in total. The summed E-state index contributed by atoms with van der Waals surface area (Å²) >= 11 is 0. The number of allylic oxidation sites excluding steroid dienone is 1. The number of hydrogen-bond donors (Lipinski definition) is 2. The zero-order valence-electron chi connectivity index (χ0n) is 10.8. The maximum atomic E-state index is 12.2. The lowest BCUT2D eigenvalue weighted by Crippen LogP contribution is -2.46. The van der Waals surface area contributed by atoms with Gasteiger partial charge in [0.25, 0.3) is 0 Å². The van der Waals surface area contributed by atoms with Crippen LogP contribution in [0.4, 0.5) is 4.79 Å². The normalized spacial score (nSPS) is 22.7. The number of benzene rings is 1. The van der Waals surface area contributed by atoms with Gasteiger partial charge >= 0.3 is 6.03 Å². The van der Waals surface area contributed by atoms with Gasteiger partial charge in [0.2, 0.25) is 0 Å². The van der Waals surface area contributed by atoms with Crippen molar-refractivity contribution in [1.82, 2.24) is 10.6 Å². The highest BCUT2D eigenvalue weighted by atomic mass is 16.2. The molecule has 2 aliphatic rings. The molecule has 1 aromatic rings. The number of aryl methyl sites for hydroxylation is 1. The van der Waals surface area contributed by atoms with E-state index in [-0.39, 0.29) is 17.9 Å². The first kappa shape index (κ1) is 12.0. The van der Waals surface area contributed by atoms with Gasteiger partial charge in [-0.2, -0.15) is 0 Å². The summed E-state index contributed by atoms with van der Waals surface area (Å²) in [5.41, 5.74) is 3.62. The van der Waals surface area contributed by atoms with Crippen molar-refractivity contribution in [3.05, 3.63) is 46.7 Å². The molecule has 0 saturated carbocycles. The molecule has 0 saturated heterocycles. The Hall–Kier alpha value is -2.10. The quantitative estimate of drug-likeness (QED) is 0.810. The Morgan fingerprint density at radius 1 is 1.16 bits per heavy atom. The topological polar surface area (TPSA) is 58.2 Å². The average molecular weight is 256 g/mol. The summed E-state index contributed by atoms with van der Waals surface area (Å²) in [7, 11) is 0. The second-order valence-corrected chi connectivity index (χ2v) is 5.06. The third-order valence-electron chi connectivity index (χ3n) is 3.78. The van der Waals surface area contributed by atoms with Crippen LogP contribution in [0, 0.1) is 6.92 Å². The molecule has 2 amide bonds. The molecule has 0 unspecified atom stereocenters. The van der Waals surface area contributed by atoms with Crippen LogP contribution in [-0.2, 0) is 4.79 Å². The molecule has 98 valence electrons. The summed E-state index contributed by atoms with van der Waals surface area (Å²) in [6.07, 6.45) is 2.16. The third kappa shape index (κ3) is 2.03. The number of rotatable bonds is 1. The summed E-state index contributed by atoms with van der Waals surface area (Å²) in [4.78, 5) is 23.9. The highest BCUT2D eigenvalue weighted by Crippen LogP contribution is 2.34. The van der Waals surface area contributed by atoms with E-state index in [0.29, 0.717) is 6.42 Å². The van der Waals surface area contributed by atoms with Crippen LogP contribution < -0.4 is 10.6 Å². The minimum atomic E-state index is -0.308.